The summed E-state index contributed by atoms with van der Waals surface area (Å²) in [6.45, 7) is 3.06. The first-order chi connectivity index (χ1) is 9.70. The molecule has 0 aliphatic carbocycles. The number of rotatable bonds is 3. The van der Waals surface area contributed by atoms with Crippen molar-refractivity contribution in [2.75, 3.05) is 5.73 Å². The quantitative estimate of drug-likeness (QED) is 0.727. The molecule has 0 spiro atoms. The van der Waals surface area contributed by atoms with E-state index in [0.29, 0.717) is 10.7 Å². The summed E-state index contributed by atoms with van der Waals surface area (Å²) in [6, 6.07) is 13.7. The van der Waals surface area contributed by atoms with Gasteiger partial charge in [-0.15, -0.1) is 0 Å². The van der Waals surface area contributed by atoms with Crippen LogP contribution in [0.3, 0.4) is 0 Å². The van der Waals surface area contributed by atoms with Crippen molar-refractivity contribution in [3.8, 4) is 11.4 Å². The highest BCUT2D eigenvalue weighted by atomic mass is 35.5. The number of para-hydroxylation sites is 1. The molecule has 0 aliphatic heterocycles. The zero-order chi connectivity index (χ0) is 14.1. The summed E-state index contributed by atoms with van der Waals surface area (Å²) < 4.78 is 2.21. The molecule has 0 radical (unpaired) electrons. The highest BCUT2D eigenvalue weighted by molar-refractivity contribution is 6.30. The van der Waals surface area contributed by atoms with Crippen LogP contribution in [0.4, 0.5) is 5.69 Å². The molecule has 0 fully saturated rings. The maximum atomic E-state index is 6.09. The van der Waals surface area contributed by atoms with E-state index in [9.17, 15) is 0 Å². The summed E-state index contributed by atoms with van der Waals surface area (Å²) in [5, 5.41) is 0.713. The first-order valence-electron chi connectivity index (χ1n) is 6.71. The number of aryl methyl sites for hydroxylation is 1. The van der Waals surface area contributed by atoms with Gasteiger partial charge in [-0.2, -0.15) is 0 Å². The molecule has 102 valence electrons. The van der Waals surface area contributed by atoms with Gasteiger partial charge in [0, 0.05) is 17.1 Å². The van der Waals surface area contributed by atoms with Crippen LogP contribution in [0.15, 0.2) is 42.5 Å². The van der Waals surface area contributed by atoms with E-state index in [1.54, 1.807) is 0 Å². The molecule has 0 unspecified atom stereocenters. The van der Waals surface area contributed by atoms with E-state index in [1.165, 1.54) is 0 Å². The minimum atomic E-state index is 0.709. The highest BCUT2D eigenvalue weighted by Gasteiger charge is 2.13. The van der Waals surface area contributed by atoms with Crippen molar-refractivity contribution in [1.29, 1.82) is 0 Å². The van der Waals surface area contributed by atoms with Crippen LogP contribution in [0.1, 0.15) is 13.3 Å². The Balaban J connectivity index is 2.29. The second-order valence-electron chi connectivity index (χ2n) is 4.81. The molecule has 1 aromatic heterocycles. The average Bonchev–Trinajstić information content (AvgIpc) is 2.80. The predicted molar refractivity (Wildman–Crippen MR) is 84.9 cm³/mol. The van der Waals surface area contributed by atoms with Gasteiger partial charge >= 0.3 is 0 Å². The fourth-order valence-corrected chi connectivity index (χ4v) is 2.66. The van der Waals surface area contributed by atoms with Crippen molar-refractivity contribution in [3.05, 3.63) is 47.5 Å². The van der Waals surface area contributed by atoms with Gasteiger partial charge in [-0.3, -0.25) is 0 Å². The number of imidazole rings is 1. The number of nitrogen functional groups attached to an aromatic ring is 1. The molecular weight excluding hydrogens is 270 g/mol. The van der Waals surface area contributed by atoms with E-state index in [-0.39, 0.29) is 0 Å². The van der Waals surface area contributed by atoms with Crippen molar-refractivity contribution in [3.63, 3.8) is 0 Å². The number of nitrogens with two attached hydrogens (primary N) is 1. The van der Waals surface area contributed by atoms with Crippen LogP contribution in [-0.2, 0) is 6.54 Å². The van der Waals surface area contributed by atoms with Crippen LogP contribution < -0.4 is 5.73 Å². The fourth-order valence-electron chi connectivity index (χ4n) is 2.47. The van der Waals surface area contributed by atoms with Crippen molar-refractivity contribution in [1.82, 2.24) is 9.55 Å². The first kappa shape index (κ1) is 13.0. The molecule has 20 heavy (non-hydrogen) atoms. The Labute approximate surface area is 123 Å². The Morgan fingerprint density at radius 3 is 2.75 bits per heavy atom. The molecule has 0 atom stereocenters. The largest absolute Gasteiger partial charge is 0.397 e. The van der Waals surface area contributed by atoms with Gasteiger partial charge in [-0.05, 0) is 30.7 Å². The monoisotopic (exact) mass is 285 g/mol. The normalized spacial score (nSPS) is 11.1. The second-order valence-corrected chi connectivity index (χ2v) is 5.25. The lowest BCUT2D eigenvalue weighted by atomic mass is 10.2. The van der Waals surface area contributed by atoms with E-state index in [4.69, 9.17) is 22.3 Å². The topological polar surface area (TPSA) is 43.8 Å². The molecule has 0 amide bonds. The average molecular weight is 286 g/mol. The van der Waals surface area contributed by atoms with Gasteiger partial charge < -0.3 is 10.3 Å². The van der Waals surface area contributed by atoms with E-state index in [0.717, 1.165) is 35.4 Å². The third-order valence-electron chi connectivity index (χ3n) is 3.34. The Morgan fingerprint density at radius 2 is 2.00 bits per heavy atom. The van der Waals surface area contributed by atoms with Crippen LogP contribution in [-0.4, -0.2) is 9.55 Å². The molecular formula is C16H16ClN3. The zero-order valence-electron chi connectivity index (χ0n) is 11.3. The minimum Gasteiger partial charge on any atom is -0.397 e. The van der Waals surface area contributed by atoms with Crippen LogP contribution in [0.25, 0.3) is 22.4 Å². The van der Waals surface area contributed by atoms with Crippen molar-refractivity contribution < 1.29 is 0 Å². The standard InChI is InChI=1S/C16H16ClN3/c1-2-9-20-14-8-4-7-13(18)15(14)19-16(20)11-5-3-6-12(17)10-11/h3-8,10H,2,9,18H2,1H3. The smallest absolute Gasteiger partial charge is 0.141 e. The number of fused-ring (bicyclic) bond motifs is 1. The van der Waals surface area contributed by atoms with E-state index < -0.39 is 0 Å². The molecule has 1 heterocycles. The van der Waals surface area contributed by atoms with E-state index >= 15 is 0 Å². The highest BCUT2D eigenvalue weighted by Crippen LogP contribution is 2.29. The summed E-state index contributed by atoms with van der Waals surface area (Å²) in [6.07, 6.45) is 1.04. The number of nitrogens with zero attached hydrogens (tertiary/aromatic N) is 2. The molecule has 0 saturated heterocycles. The number of aromatic nitrogens is 2. The second kappa shape index (κ2) is 5.17. The lowest BCUT2D eigenvalue weighted by Crippen LogP contribution is -1.99. The van der Waals surface area contributed by atoms with Crippen LogP contribution in [0.2, 0.25) is 5.02 Å². The van der Waals surface area contributed by atoms with Crippen LogP contribution in [0, 0.1) is 0 Å². The van der Waals surface area contributed by atoms with Crippen LogP contribution >= 0.6 is 11.6 Å². The molecule has 3 aromatic rings. The fraction of sp³-hybridized carbons (Fsp3) is 0.188. The first-order valence-corrected chi connectivity index (χ1v) is 7.09. The lowest BCUT2D eigenvalue weighted by molar-refractivity contribution is 0.704. The maximum absolute atomic E-state index is 6.09. The van der Waals surface area contributed by atoms with Gasteiger partial charge in [-0.25, -0.2) is 4.98 Å². The molecule has 3 nitrogen and oxygen atoms in total. The SMILES string of the molecule is CCCn1c(-c2cccc(Cl)c2)nc2c(N)cccc21. The Bertz CT molecular complexity index is 762. The molecule has 3 rings (SSSR count). The van der Waals surface area contributed by atoms with Crippen LogP contribution in [0.5, 0.6) is 0 Å². The molecule has 0 aliphatic rings. The Hall–Kier alpha value is -2.00. The number of hydrogen-bond acceptors (Lipinski definition) is 2. The summed E-state index contributed by atoms with van der Waals surface area (Å²) in [4.78, 5) is 4.72. The third kappa shape index (κ3) is 2.14. The van der Waals surface area contributed by atoms with Crippen molar-refractivity contribution >= 4 is 28.3 Å². The van der Waals surface area contributed by atoms with Gasteiger partial charge in [0.15, 0.2) is 0 Å². The molecule has 4 heteroatoms. The lowest BCUT2D eigenvalue weighted by Gasteiger charge is -2.08. The van der Waals surface area contributed by atoms with Gasteiger partial charge in [0.05, 0.1) is 11.2 Å². The number of benzene rings is 2. The Kier molecular flexibility index (Phi) is 3.36. The summed E-state index contributed by atoms with van der Waals surface area (Å²) in [5.74, 6) is 0.919. The maximum Gasteiger partial charge on any atom is 0.141 e. The van der Waals surface area contributed by atoms with Gasteiger partial charge in [0.25, 0.3) is 0 Å². The zero-order valence-corrected chi connectivity index (χ0v) is 12.1. The number of halogens is 1. The third-order valence-corrected chi connectivity index (χ3v) is 3.58. The number of hydrogen-bond donors (Lipinski definition) is 1. The van der Waals surface area contributed by atoms with Gasteiger partial charge in [0.2, 0.25) is 0 Å². The Morgan fingerprint density at radius 1 is 1.20 bits per heavy atom. The van der Waals surface area contributed by atoms with Crippen molar-refractivity contribution in [2.45, 2.75) is 19.9 Å². The van der Waals surface area contributed by atoms with Gasteiger partial charge in [0.1, 0.15) is 11.3 Å². The molecule has 2 N–H and O–H groups in total. The minimum absolute atomic E-state index is 0.709. The summed E-state index contributed by atoms with van der Waals surface area (Å²) in [7, 11) is 0. The predicted octanol–water partition coefficient (Wildman–Crippen LogP) is 4.35. The number of anilines is 1. The van der Waals surface area contributed by atoms with Crippen molar-refractivity contribution in [2.24, 2.45) is 0 Å². The van der Waals surface area contributed by atoms with E-state index in [1.807, 2.05) is 36.4 Å². The van der Waals surface area contributed by atoms with E-state index in [2.05, 4.69) is 17.6 Å². The summed E-state index contributed by atoms with van der Waals surface area (Å²) >= 11 is 6.09. The molecule has 2 aromatic carbocycles. The van der Waals surface area contributed by atoms with Gasteiger partial charge in [-0.1, -0.05) is 36.7 Å². The molecule has 0 saturated carbocycles. The molecule has 0 bridgehead atoms. The summed E-state index contributed by atoms with van der Waals surface area (Å²) in [5.41, 5.74) is 9.69.